The molecule has 3 aliphatic rings. The molecule has 6 rings (SSSR count). The van der Waals surface area contributed by atoms with Crippen LogP contribution in [0.5, 0.6) is 0 Å². The Morgan fingerprint density at radius 3 is 2.23 bits per heavy atom. The van der Waals surface area contributed by atoms with E-state index in [1.165, 1.54) is 12.1 Å². The molecule has 3 aromatic rings. The fourth-order valence-corrected chi connectivity index (χ4v) is 7.32. The fourth-order valence-electron chi connectivity index (χ4n) is 7.32. The van der Waals surface area contributed by atoms with E-state index < -0.39 is 64.9 Å². The fraction of sp³-hybridized carbons (Fsp3) is 0.394. The van der Waals surface area contributed by atoms with E-state index in [4.69, 9.17) is 9.47 Å². The van der Waals surface area contributed by atoms with Crippen molar-refractivity contribution in [3.8, 4) is 0 Å². The summed E-state index contributed by atoms with van der Waals surface area (Å²) in [5, 5.41) is 37.6. The second kappa shape index (κ2) is 11.9. The number of benzene rings is 3. The Bertz CT molecular complexity index is 1510. The first kappa shape index (κ1) is 32.7. The zero-order valence-corrected chi connectivity index (χ0v) is 26.9. The van der Waals surface area contributed by atoms with E-state index in [0.717, 1.165) is 0 Å². The van der Waals surface area contributed by atoms with Crippen LogP contribution in [0.3, 0.4) is 0 Å². The second-order valence-electron chi connectivity index (χ2n) is 11.8. The first-order valence-corrected chi connectivity index (χ1v) is 14.5. The van der Waals surface area contributed by atoms with Crippen molar-refractivity contribution in [2.75, 3.05) is 11.9 Å². The van der Waals surface area contributed by atoms with Crippen molar-refractivity contribution in [1.29, 1.82) is 0 Å². The molecule has 0 radical (unpaired) electrons. The van der Waals surface area contributed by atoms with Crippen LogP contribution in [-0.4, -0.2) is 57.1 Å². The van der Waals surface area contributed by atoms with E-state index in [2.05, 4.69) is 5.32 Å². The molecule has 9 nitrogen and oxygen atoms in total. The Labute approximate surface area is 277 Å². The van der Waals surface area contributed by atoms with Gasteiger partial charge in [-0.2, -0.15) is 0 Å². The van der Waals surface area contributed by atoms with Crippen LogP contribution in [0.2, 0.25) is 0 Å². The maximum Gasteiger partial charge on any atom is 1.00 e. The van der Waals surface area contributed by atoms with Crippen molar-refractivity contribution >= 4 is 17.6 Å². The number of fused-ring (bicyclic) bond motifs is 3. The summed E-state index contributed by atoms with van der Waals surface area (Å²) in [4.78, 5) is 27.5. The van der Waals surface area contributed by atoms with Gasteiger partial charge in [-0.05, 0) is 42.2 Å². The van der Waals surface area contributed by atoms with Gasteiger partial charge in [-0.3, -0.25) is 4.79 Å². The van der Waals surface area contributed by atoms with Gasteiger partial charge in [-0.25, -0.2) is 9.29 Å². The molecule has 1 amide bonds. The number of hydrogen-bond donors (Lipinski definition) is 3. The van der Waals surface area contributed by atoms with Crippen LogP contribution in [-0.2, 0) is 30.4 Å². The van der Waals surface area contributed by atoms with E-state index >= 15 is 0 Å². The van der Waals surface area contributed by atoms with Gasteiger partial charge in [0.25, 0.3) is 5.91 Å². The summed E-state index contributed by atoms with van der Waals surface area (Å²) in [5.41, 5.74) is -5.63. The number of aliphatic hydroxyl groups is 2. The minimum Gasteiger partial charge on any atom is -0.550 e. The number of carbonyl (C=O) groups is 2. The molecule has 226 valence electrons. The third kappa shape index (κ3) is 4.58. The molecule has 3 aliphatic heterocycles. The Morgan fingerprint density at radius 2 is 1.64 bits per heavy atom. The zero-order chi connectivity index (χ0) is 30.6. The smallest absolute Gasteiger partial charge is 0.550 e. The minimum atomic E-state index is -1.93. The molecule has 0 spiro atoms. The Balaban J connectivity index is 0.00000384. The van der Waals surface area contributed by atoms with Crippen LogP contribution in [0, 0.1) is 11.7 Å². The SMILES string of the molecule is CC(C)C1(O)N2CC[C@@H](C[C@@H](O)CC(=O)[O-])O[C@@]2(c2ccc(F)cc2)C2(c3ccccc3)OC12C(=O)Nc1ccccc1.[Na+]. The van der Waals surface area contributed by atoms with Crippen molar-refractivity contribution in [1.82, 2.24) is 4.90 Å². The molecule has 3 fully saturated rings. The molecule has 3 aromatic carbocycles. The van der Waals surface area contributed by atoms with E-state index in [1.807, 2.05) is 12.1 Å². The third-order valence-corrected chi connectivity index (χ3v) is 9.07. The van der Waals surface area contributed by atoms with Crippen LogP contribution < -0.4 is 40.0 Å². The maximum absolute atomic E-state index is 14.6. The van der Waals surface area contributed by atoms with Crippen molar-refractivity contribution in [3.05, 3.63) is 102 Å². The predicted molar refractivity (Wildman–Crippen MR) is 151 cm³/mol. The van der Waals surface area contributed by atoms with E-state index in [9.17, 15) is 29.3 Å². The van der Waals surface area contributed by atoms with Crippen molar-refractivity contribution in [2.45, 2.75) is 68.0 Å². The van der Waals surface area contributed by atoms with Crippen molar-refractivity contribution in [2.24, 2.45) is 5.92 Å². The van der Waals surface area contributed by atoms with Crippen LogP contribution in [0.15, 0.2) is 84.9 Å². The summed E-state index contributed by atoms with van der Waals surface area (Å²) >= 11 is 0. The van der Waals surface area contributed by atoms with Gasteiger partial charge >= 0.3 is 29.6 Å². The number of epoxide rings is 1. The topological polar surface area (TPSA) is 135 Å². The molecule has 3 unspecified atom stereocenters. The maximum atomic E-state index is 14.6. The number of halogens is 1. The largest absolute Gasteiger partial charge is 1.00 e. The molecule has 44 heavy (non-hydrogen) atoms. The van der Waals surface area contributed by atoms with E-state index in [1.54, 1.807) is 79.4 Å². The molecule has 6 atom stereocenters. The number of carboxylic acids is 1. The first-order valence-electron chi connectivity index (χ1n) is 14.5. The number of nitrogens with zero attached hydrogens (tertiary/aromatic N) is 1. The Kier molecular flexibility index (Phi) is 8.87. The standard InChI is InChI=1S/C33H35FN2O7.Na/c1-21(2)32(41)31(29(40)35-25-11-7-4-8-12-25)30(43-31,22-9-5-3-6-10-22)33(23-13-15-24(34)16-14-23)36(32)18-17-27(42-33)19-26(37)20-28(38)39;/h3-16,21,26-27,37,41H,17-20H2,1-2H3,(H,35,40)(H,38,39);/q;+1/p-1/t26-,27+,30?,31?,32?,33+;/m1./s1. The molecule has 3 saturated heterocycles. The molecule has 0 aliphatic carbocycles. The minimum absolute atomic E-state index is 0. The van der Waals surface area contributed by atoms with E-state index in [0.29, 0.717) is 23.2 Å². The third-order valence-electron chi connectivity index (χ3n) is 9.07. The summed E-state index contributed by atoms with van der Waals surface area (Å²) < 4.78 is 28.0. The van der Waals surface area contributed by atoms with Crippen molar-refractivity contribution in [3.63, 3.8) is 0 Å². The number of aliphatic carboxylic acids is 1. The van der Waals surface area contributed by atoms with Crippen LogP contribution >= 0.6 is 0 Å². The number of nitrogens with one attached hydrogen (secondary N) is 1. The summed E-state index contributed by atoms with van der Waals surface area (Å²) in [6.45, 7) is 3.80. The van der Waals surface area contributed by atoms with Gasteiger partial charge < -0.3 is 34.9 Å². The van der Waals surface area contributed by atoms with Gasteiger partial charge in [0.05, 0.1) is 12.2 Å². The van der Waals surface area contributed by atoms with Crippen LogP contribution in [0.4, 0.5) is 10.1 Å². The number of rotatable bonds is 9. The molecule has 3 N–H and O–H groups in total. The van der Waals surface area contributed by atoms with Gasteiger partial charge in [0, 0.05) is 36.6 Å². The van der Waals surface area contributed by atoms with E-state index in [-0.39, 0.29) is 42.5 Å². The number of carboxylic acid groups (broad SMARTS) is 1. The number of hydrogen-bond acceptors (Lipinski definition) is 8. The predicted octanol–water partition coefficient (Wildman–Crippen LogP) is -0.374. The normalized spacial score (nSPS) is 31.4. The zero-order valence-electron chi connectivity index (χ0n) is 24.9. The number of aliphatic hydroxyl groups excluding tert-OH is 1. The monoisotopic (exact) mass is 612 g/mol. The molecule has 11 heteroatoms. The quantitative estimate of drug-likeness (QED) is 0.220. The average Bonchev–Trinajstić information content (AvgIpc) is 3.67. The summed E-state index contributed by atoms with van der Waals surface area (Å²) in [6.07, 6.45) is -2.27. The van der Waals surface area contributed by atoms with Crippen LogP contribution in [0.25, 0.3) is 0 Å². The second-order valence-corrected chi connectivity index (χ2v) is 11.8. The summed E-state index contributed by atoms with van der Waals surface area (Å²) in [7, 11) is 0. The van der Waals surface area contributed by atoms with Crippen LogP contribution in [0.1, 0.15) is 44.2 Å². The molecule has 0 saturated carbocycles. The van der Waals surface area contributed by atoms with Gasteiger partial charge in [-0.1, -0.05) is 74.5 Å². The Morgan fingerprint density at radius 1 is 1.02 bits per heavy atom. The van der Waals surface area contributed by atoms with Gasteiger partial charge in [-0.15, -0.1) is 0 Å². The van der Waals surface area contributed by atoms with Gasteiger partial charge in [0.1, 0.15) is 5.82 Å². The van der Waals surface area contributed by atoms with Gasteiger partial charge in [0.15, 0.2) is 17.1 Å². The number of amides is 1. The molecule has 0 bridgehead atoms. The van der Waals surface area contributed by atoms with Gasteiger partial charge in [0.2, 0.25) is 5.60 Å². The summed E-state index contributed by atoms with van der Waals surface area (Å²) in [6, 6.07) is 23.5. The first-order chi connectivity index (χ1) is 20.5. The summed E-state index contributed by atoms with van der Waals surface area (Å²) in [5.74, 6) is -3.02. The Hall–Kier alpha value is -2.67. The number of anilines is 1. The molecular formula is C33H34FN2NaO7. The number of carbonyl (C=O) groups excluding carboxylic acids is 2. The number of para-hydroxylation sites is 1. The molecule has 0 aromatic heterocycles. The average molecular weight is 613 g/mol. The molecule has 3 heterocycles. The number of ether oxygens (including phenoxy) is 2. The number of morpholine rings is 1. The van der Waals surface area contributed by atoms with Crippen molar-refractivity contribution < 1.29 is 68.3 Å². The molecular weight excluding hydrogens is 578 g/mol.